The van der Waals surface area contributed by atoms with Gasteiger partial charge in [-0.05, 0) is 49.5 Å². The van der Waals surface area contributed by atoms with Gasteiger partial charge >= 0.3 is 5.97 Å². The number of carboxylic acid groups (broad SMARTS) is 1. The number of phenols is 1. The van der Waals surface area contributed by atoms with Gasteiger partial charge in [-0.3, -0.25) is 28.9 Å². The number of carboxylic acids is 1. The topological polar surface area (TPSA) is 129 Å². The Bertz CT molecular complexity index is 1270. The van der Waals surface area contributed by atoms with E-state index in [1.807, 2.05) is 6.08 Å². The second kappa shape index (κ2) is 7.90. The fraction of sp³-hybridized carbons (Fsp3) is 0.346. The number of carbonyl (C=O) groups is 5. The van der Waals surface area contributed by atoms with Crippen LogP contribution in [0.25, 0.3) is 0 Å². The van der Waals surface area contributed by atoms with Gasteiger partial charge < -0.3 is 10.2 Å². The number of allylic oxidation sites excluding steroid dienone is 6. The molecule has 0 spiro atoms. The zero-order valence-corrected chi connectivity index (χ0v) is 18.5. The van der Waals surface area contributed by atoms with Crippen LogP contribution in [0.1, 0.15) is 37.7 Å². The van der Waals surface area contributed by atoms with Crippen molar-refractivity contribution in [1.29, 1.82) is 0 Å². The predicted octanol–water partition coefficient (Wildman–Crippen LogP) is 2.30. The summed E-state index contributed by atoms with van der Waals surface area (Å²) in [6.07, 6.45) is 3.35. The van der Waals surface area contributed by atoms with Crippen molar-refractivity contribution in [1.82, 2.24) is 4.90 Å². The minimum atomic E-state index is -1.10. The number of benzene rings is 1. The standard InChI is InChI=1S/C26H23NO7/c1-12-9-19(29)23-18(24(12)32)11-17-15(21(23)13-3-2-4-14(28)10-13)5-6-16-22(17)26(34)27(25(16)33)8-7-20(30)31/h2-5,9-10,16-17,21-22,28H,6-8,11H2,1H3,(H,30,31). The number of rotatable bonds is 4. The van der Waals surface area contributed by atoms with Crippen LogP contribution in [0.15, 0.2) is 58.7 Å². The van der Waals surface area contributed by atoms with Gasteiger partial charge in [0, 0.05) is 29.2 Å². The quantitative estimate of drug-likeness (QED) is 0.400. The maximum absolute atomic E-state index is 13.4. The van der Waals surface area contributed by atoms with Gasteiger partial charge in [0.2, 0.25) is 11.8 Å². The van der Waals surface area contributed by atoms with Gasteiger partial charge in [0.15, 0.2) is 11.6 Å². The van der Waals surface area contributed by atoms with Crippen LogP contribution in [-0.2, 0) is 24.0 Å². The number of amides is 2. The minimum Gasteiger partial charge on any atom is -0.508 e. The highest BCUT2D eigenvalue weighted by molar-refractivity contribution is 6.23. The van der Waals surface area contributed by atoms with E-state index < -0.39 is 35.5 Å². The zero-order valence-electron chi connectivity index (χ0n) is 18.5. The number of aromatic hydroxyl groups is 1. The molecule has 4 atom stereocenters. The lowest BCUT2D eigenvalue weighted by Gasteiger charge is -2.42. The number of hydrogen-bond acceptors (Lipinski definition) is 6. The van der Waals surface area contributed by atoms with Gasteiger partial charge in [-0.25, -0.2) is 0 Å². The molecule has 0 bridgehead atoms. The number of fused-ring (bicyclic) bond motifs is 3. The lowest BCUT2D eigenvalue weighted by molar-refractivity contribution is -0.142. The summed E-state index contributed by atoms with van der Waals surface area (Å²) >= 11 is 0. The number of ketones is 2. The third kappa shape index (κ3) is 3.24. The second-order valence-electron chi connectivity index (χ2n) is 9.30. The summed E-state index contributed by atoms with van der Waals surface area (Å²) in [6, 6.07) is 6.50. The lowest BCUT2D eigenvalue weighted by Crippen LogP contribution is -2.40. The van der Waals surface area contributed by atoms with E-state index in [1.54, 1.807) is 25.1 Å². The molecule has 5 rings (SSSR count). The smallest absolute Gasteiger partial charge is 0.305 e. The van der Waals surface area contributed by atoms with Crippen molar-refractivity contribution in [2.75, 3.05) is 6.54 Å². The molecule has 3 aliphatic carbocycles. The number of aliphatic carboxylic acids is 1. The highest BCUT2D eigenvalue weighted by Crippen LogP contribution is 2.55. The summed E-state index contributed by atoms with van der Waals surface area (Å²) in [5.41, 5.74) is 2.47. The molecule has 1 aromatic rings. The number of hydrogen-bond donors (Lipinski definition) is 2. The molecule has 0 radical (unpaired) electrons. The maximum atomic E-state index is 13.4. The minimum absolute atomic E-state index is 0.0179. The fourth-order valence-corrected chi connectivity index (χ4v) is 5.96. The SMILES string of the molecule is CC1=CC(=O)C2=C(CC3C(=CCC4C(=O)N(CCC(=O)O)C(=O)C43)C2c2cccc(O)c2)C1=O. The van der Waals surface area contributed by atoms with Crippen molar-refractivity contribution < 1.29 is 34.2 Å². The number of nitrogens with zero attached hydrogens (tertiary/aromatic N) is 1. The molecule has 4 aliphatic rings. The van der Waals surface area contributed by atoms with Gasteiger partial charge in [0.25, 0.3) is 0 Å². The molecule has 0 aromatic heterocycles. The molecule has 34 heavy (non-hydrogen) atoms. The number of Topliss-reactive ketones (excluding diaryl/α,β-unsaturated/α-hetero) is 1. The highest BCUT2D eigenvalue weighted by atomic mass is 16.4. The van der Waals surface area contributed by atoms with E-state index in [0.717, 1.165) is 10.5 Å². The molecule has 8 heteroatoms. The van der Waals surface area contributed by atoms with E-state index in [0.29, 0.717) is 28.7 Å². The van der Waals surface area contributed by atoms with Crippen molar-refractivity contribution in [3.63, 3.8) is 0 Å². The average molecular weight is 461 g/mol. The summed E-state index contributed by atoms with van der Waals surface area (Å²) in [7, 11) is 0. The molecule has 1 aliphatic heterocycles. The molecular weight excluding hydrogens is 438 g/mol. The van der Waals surface area contributed by atoms with E-state index in [9.17, 15) is 29.1 Å². The number of carbonyl (C=O) groups excluding carboxylic acids is 4. The summed E-state index contributed by atoms with van der Waals surface area (Å²) in [6.45, 7) is 1.39. The summed E-state index contributed by atoms with van der Waals surface area (Å²) in [5.74, 6) is -4.83. The van der Waals surface area contributed by atoms with Crippen LogP contribution in [0.4, 0.5) is 0 Å². The van der Waals surface area contributed by atoms with E-state index in [-0.39, 0.29) is 42.6 Å². The molecule has 4 unspecified atom stereocenters. The second-order valence-corrected chi connectivity index (χ2v) is 9.30. The molecule has 1 aromatic carbocycles. The van der Waals surface area contributed by atoms with Gasteiger partial charge in [0.1, 0.15) is 5.75 Å². The molecule has 174 valence electrons. The van der Waals surface area contributed by atoms with Crippen LogP contribution < -0.4 is 0 Å². The van der Waals surface area contributed by atoms with Gasteiger partial charge in [-0.15, -0.1) is 0 Å². The first kappa shape index (κ1) is 22.0. The third-order valence-electron chi connectivity index (χ3n) is 7.41. The normalized spacial score (nSPS) is 28.3. The first-order valence-electron chi connectivity index (χ1n) is 11.2. The fourth-order valence-electron chi connectivity index (χ4n) is 5.96. The average Bonchev–Trinajstić information content (AvgIpc) is 3.04. The molecule has 1 heterocycles. The third-order valence-corrected chi connectivity index (χ3v) is 7.41. The van der Waals surface area contributed by atoms with Crippen LogP contribution in [0.3, 0.4) is 0 Å². The molecule has 1 fully saturated rings. The Morgan fingerprint density at radius 2 is 1.88 bits per heavy atom. The molecule has 8 nitrogen and oxygen atoms in total. The largest absolute Gasteiger partial charge is 0.508 e. The Hall–Kier alpha value is -3.81. The monoisotopic (exact) mass is 461 g/mol. The Balaban J connectivity index is 1.62. The van der Waals surface area contributed by atoms with Crippen molar-refractivity contribution in [2.45, 2.75) is 32.1 Å². The van der Waals surface area contributed by atoms with Crippen LogP contribution >= 0.6 is 0 Å². The van der Waals surface area contributed by atoms with Crippen LogP contribution in [0, 0.1) is 17.8 Å². The van der Waals surface area contributed by atoms with E-state index >= 15 is 0 Å². The molecule has 2 N–H and O–H groups in total. The summed E-state index contributed by atoms with van der Waals surface area (Å²) < 4.78 is 0. The van der Waals surface area contributed by atoms with Gasteiger partial charge in [0.05, 0.1) is 18.3 Å². The van der Waals surface area contributed by atoms with E-state index in [2.05, 4.69) is 0 Å². The van der Waals surface area contributed by atoms with E-state index in [4.69, 9.17) is 5.11 Å². The van der Waals surface area contributed by atoms with Crippen LogP contribution in [0.5, 0.6) is 5.75 Å². The van der Waals surface area contributed by atoms with E-state index in [1.165, 1.54) is 12.1 Å². The Labute approximate surface area is 195 Å². The zero-order chi connectivity index (χ0) is 24.3. The van der Waals surface area contributed by atoms with Gasteiger partial charge in [-0.1, -0.05) is 23.8 Å². The van der Waals surface area contributed by atoms with Gasteiger partial charge in [-0.2, -0.15) is 0 Å². The van der Waals surface area contributed by atoms with Crippen molar-refractivity contribution in [3.05, 3.63) is 64.3 Å². The first-order valence-corrected chi connectivity index (χ1v) is 11.2. The summed E-state index contributed by atoms with van der Waals surface area (Å²) in [4.78, 5) is 64.7. The molecule has 2 amide bonds. The maximum Gasteiger partial charge on any atom is 0.305 e. The predicted molar refractivity (Wildman–Crippen MR) is 118 cm³/mol. The van der Waals surface area contributed by atoms with Crippen molar-refractivity contribution in [3.8, 4) is 5.75 Å². The van der Waals surface area contributed by atoms with Crippen molar-refractivity contribution in [2.24, 2.45) is 17.8 Å². The molecular formula is C26H23NO7. The number of phenolic OH excluding ortho intramolecular Hbond substituents is 1. The lowest BCUT2D eigenvalue weighted by atomic mass is 9.59. The molecule has 0 saturated carbocycles. The number of likely N-dealkylation sites (tertiary alicyclic amines) is 1. The Kier molecular flexibility index (Phi) is 5.11. The Morgan fingerprint density at radius 1 is 1.12 bits per heavy atom. The number of imide groups is 1. The first-order chi connectivity index (χ1) is 16.2. The van der Waals surface area contributed by atoms with Crippen LogP contribution in [-0.4, -0.2) is 51.0 Å². The van der Waals surface area contributed by atoms with Crippen LogP contribution in [0.2, 0.25) is 0 Å². The Morgan fingerprint density at radius 3 is 2.59 bits per heavy atom. The highest BCUT2D eigenvalue weighted by Gasteiger charge is 2.56. The molecule has 1 saturated heterocycles. The summed E-state index contributed by atoms with van der Waals surface area (Å²) in [5, 5.41) is 19.1. The van der Waals surface area contributed by atoms with Crippen molar-refractivity contribution >= 4 is 29.4 Å².